The van der Waals surface area contributed by atoms with E-state index in [1.807, 2.05) is 18.2 Å². The molecule has 124 valence electrons. The highest BCUT2D eigenvalue weighted by molar-refractivity contribution is 6.32. The Kier molecular flexibility index (Phi) is 6.40. The molecule has 24 heavy (non-hydrogen) atoms. The Morgan fingerprint density at radius 3 is 2.50 bits per heavy atom. The molecule has 5 nitrogen and oxygen atoms in total. The molecule has 6 heteroatoms. The van der Waals surface area contributed by atoms with Gasteiger partial charge in [-0.05, 0) is 48.9 Å². The number of hydrogen-bond donors (Lipinski definition) is 2. The Bertz CT molecular complexity index is 742. The lowest BCUT2D eigenvalue weighted by Crippen LogP contribution is -2.23. The first kappa shape index (κ1) is 17.6. The van der Waals surface area contributed by atoms with Gasteiger partial charge in [0, 0.05) is 16.9 Å². The Labute approximate surface area is 145 Å². The van der Waals surface area contributed by atoms with Crippen LogP contribution in [0.15, 0.2) is 54.7 Å². The number of carbonyl (C=O) groups excluding carboxylic acids is 2. The molecule has 0 unspecified atom stereocenters. The number of benzene rings is 2. The number of amides is 2. The van der Waals surface area contributed by atoms with Gasteiger partial charge in [-0.3, -0.25) is 0 Å². The van der Waals surface area contributed by atoms with Crippen LogP contribution in [-0.4, -0.2) is 18.6 Å². The molecule has 0 spiro atoms. The average Bonchev–Trinajstić information content (AvgIpc) is 2.57. The van der Waals surface area contributed by atoms with Gasteiger partial charge in [-0.1, -0.05) is 29.8 Å². The quantitative estimate of drug-likeness (QED) is 0.794. The lowest BCUT2D eigenvalue weighted by atomic mass is 10.2. The van der Waals surface area contributed by atoms with Gasteiger partial charge in [0.2, 0.25) is 0 Å². The predicted octanol–water partition coefficient (Wildman–Crippen LogP) is 4.31. The fraction of sp³-hybridized carbons (Fsp3) is 0.111. The van der Waals surface area contributed by atoms with Crippen LogP contribution in [0.25, 0.3) is 6.08 Å². The van der Waals surface area contributed by atoms with E-state index in [4.69, 9.17) is 16.3 Å². The largest absolute Gasteiger partial charge is 0.462 e. The van der Waals surface area contributed by atoms with Crippen molar-refractivity contribution >= 4 is 35.4 Å². The first-order valence-electron chi connectivity index (χ1n) is 7.36. The Morgan fingerprint density at radius 2 is 1.83 bits per heavy atom. The van der Waals surface area contributed by atoms with E-state index in [1.165, 1.54) is 6.20 Å². The smallest absolute Gasteiger partial charge is 0.338 e. The maximum atomic E-state index is 11.8. The van der Waals surface area contributed by atoms with Crippen LogP contribution in [0.2, 0.25) is 5.02 Å². The van der Waals surface area contributed by atoms with Gasteiger partial charge in [0.1, 0.15) is 0 Å². The number of carbonyl (C=O) groups is 2. The van der Waals surface area contributed by atoms with Crippen LogP contribution < -0.4 is 10.6 Å². The average molecular weight is 345 g/mol. The Balaban J connectivity index is 1.88. The van der Waals surface area contributed by atoms with E-state index < -0.39 is 12.0 Å². The molecule has 0 saturated carbocycles. The zero-order valence-corrected chi connectivity index (χ0v) is 13.8. The predicted molar refractivity (Wildman–Crippen MR) is 95.0 cm³/mol. The minimum absolute atomic E-state index is 0.318. The number of esters is 1. The third kappa shape index (κ3) is 5.14. The summed E-state index contributed by atoms with van der Waals surface area (Å²) in [7, 11) is 0. The number of anilines is 1. The zero-order chi connectivity index (χ0) is 17.4. The van der Waals surface area contributed by atoms with Gasteiger partial charge in [0.25, 0.3) is 0 Å². The Morgan fingerprint density at radius 1 is 1.12 bits per heavy atom. The normalized spacial score (nSPS) is 10.4. The summed E-state index contributed by atoms with van der Waals surface area (Å²) in [6.45, 7) is 2.06. The molecular weight excluding hydrogens is 328 g/mol. The fourth-order valence-electron chi connectivity index (χ4n) is 1.89. The summed E-state index contributed by atoms with van der Waals surface area (Å²) in [6, 6.07) is 13.3. The standard InChI is InChI=1S/C18H17ClN2O3/c1-2-24-17(22)14-7-9-15(10-8-14)21-18(23)20-12-11-13-5-3-4-6-16(13)19/h3-12H,2H2,1H3,(H2,20,21,23)/b12-11+. The van der Waals surface area contributed by atoms with E-state index >= 15 is 0 Å². The third-order valence-corrected chi connectivity index (χ3v) is 3.38. The maximum absolute atomic E-state index is 11.8. The summed E-state index contributed by atoms with van der Waals surface area (Å²) in [4.78, 5) is 23.4. The number of halogens is 1. The van der Waals surface area contributed by atoms with E-state index in [0.29, 0.717) is 22.9 Å². The number of nitrogens with one attached hydrogen (secondary N) is 2. The van der Waals surface area contributed by atoms with Crippen LogP contribution in [0.3, 0.4) is 0 Å². The summed E-state index contributed by atoms with van der Waals surface area (Å²) in [5.41, 5.74) is 1.80. The van der Waals surface area contributed by atoms with Gasteiger partial charge in [-0.2, -0.15) is 0 Å². The fourth-order valence-corrected chi connectivity index (χ4v) is 2.09. The van der Waals surface area contributed by atoms with E-state index in [0.717, 1.165) is 5.56 Å². The second kappa shape index (κ2) is 8.74. The maximum Gasteiger partial charge on any atom is 0.338 e. The minimum atomic E-state index is -0.401. The molecule has 0 aliphatic heterocycles. The number of rotatable bonds is 5. The molecule has 2 amide bonds. The summed E-state index contributed by atoms with van der Waals surface area (Å²) >= 11 is 6.01. The van der Waals surface area contributed by atoms with Crippen LogP contribution in [0.5, 0.6) is 0 Å². The molecule has 0 aliphatic carbocycles. The molecule has 0 saturated heterocycles. The molecule has 0 radical (unpaired) electrons. The highest BCUT2D eigenvalue weighted by atomic mass is 35.5. The van der Waals surface area contributed by atoms with Crippen molar-refractivity contribution in [3.05, 3.63) is 70.9 Å². The molecule has 2 rings (SSSR count). The molecule has 0 heterocycles. The van der Waals surface area contributed by atoms with Gasteiger partial charge >= 0.3 is 12.0 Å². The van der Waals surface area contributed by atoms with Gasteiger partial charge in [-0.15, -0.1) is 0 Å². The molecule has 0 bridgehead atoms. The summed E-state index contributed by atoms with van der Waals surface area (Å²) in [5, 5.41) is 5.84. The first-order chi connectivity index (χ1) is 11.6. The highest BCUT2D eigenvalue weighted by Crippen LogP contribution is 2.15. The first-order valence-corrected chi connectivity index (χ1v) is 7.73. The highest BCUT2D eigenvalue weighted by Gasteiger charge is 2.06. The summed E-state index contributed by atoms with van der Waals surface area (Å²) in [6.07, 6.45) is 3.20. The van der Waals surface area contributed by atoms with Crippen molar-refractivity contribution in [2.45, 2.75) is 6.92 Å². The Hall–Kier alpha value is -2.79. The van der Waals surface area contributed by atoms with Crippen molar-refractivity contribution in [1.82, 2.24) is 5.32 Å². The van der Waals surface area contributed by atoms with E-state index in [1.54, 1.807) is 43.3 Å². The number of ether oxygens (including phenoxy) is 1. The van der Waals surface area contributed by atoms with Crippen molar-refractivity contribution in [1.29, 1.82) is 0 Å². The zero-order valence-electron chi connectivity index (χ0n) is 13.1. The number of hydrogen-bond acceptors (Lipinski definition) is 3. The van der Waals surface area contributed by atoms with Gasteiger partial charge in [-0.25, -0.2) is 9.59 Å². The van der Waals surface area contributed by atoms with Crippen molar-refractivity contribution in [2.75, 3.05) is 11.9 Å². The molecular formula is C18H17ClN2O3. The second-order valence-electron chi connectivity index (χ2n) is 4.75. The van der Waals surface area contributed by atoms with Crippen LogP contribution in [0, 0.1) is 0 Å². The lowest BCUT2D eigenvalue weighted by molar-refractivity contribution is 0.0526. The molecule has 0 aromatic heterocycles. The van der Waals surface area contributed by atoms with Gasteiger partial charge < -0.3 is 15.4 Å². The summed E-state index contributed by atoms with van der Waals surface area (Å²) < 4.78 is 4.90. The monoisotopic (exact) mass is 344 g/mol. The van der Waals surface area contributed by atoms with Gasteiger partial charge in [0.15, 0.2) is 0 Å². The molecule has 2 aromatic rings. The van der Waals surface area contributed by atoms with Crippen LogP contribution in [0.1, 0.15) is 22.8 Å². The van der Waals surface area contributed by atoms with Crippen molar-refractivity contribution in [2.24, 2.45) is 0 Å². The molecule has 2 N–H and O–H groups in total. The molecule has 0 fully saturated rings. The van der Waals surface area contributed by atoms with Crippen molar-refractivity contribution < 1.29 is 14.3 Å². The molecule has 0 atom stereocenters. The van der Waals surface area contributed by atoms with Crippen molar-refractivity contribution in [3.8, 4) is 0 Å². The SMILES string of the molecule is CCOC(=O)c1ccc(NC(=O)N/C=C/c2ccccc2Cl)cc1. The van der Waals surface area contributed by atoms with Gasteiger partial charge in [0.05, 0.1) is 12.2 Å². The van der Waals surface area contributed by atoms with Crippen LogP contribution in [0.4, 0.5) is 10.5 Å². The number of urea groups is 1. The topological polar surface area (TPSA) is 67.4 Å². The van der Waals surface area contributed by atoms with Crippen molar-refractivity contribution in [3.63, 3.8) is 0 Å². The van der Waals surface area contributed by atoms with E-state index in [-0.39, 0.29) is 0 Å². The second-order valence-corrected chi connectivity index (χ2v) is 5.16. The molecule has 0 aliphatic rings. The van der Waals surface area contributed by atoms with Crippen LogP contribution >= 0.6 is 11.6 Å². The summed E-state index contributed by atoms with van der Waals surface area (Å²) in [5.74, 6) is -0.392. The molecule has 2 aromatic carbocycles. The van der Waals surface area contributed by atoms with E-state index in [9.17, 15) is 9.59 Å². The van der Waals surface area contributed by atoms with E-state index in [2.05, 4.69) is 10.6 Å². The lowest BCUT2D eigenvalue weighted by Gasteiger charge is -2.06. The van der Waals surface area contributed by atoms with Crippen LogP contribution in [-0.2, 0) is 4.74 Å². The minimum Gasteiger partial charge on any atom is -0.462 e. The third-order valence-electron chi connectivity index (χ3n) is 3.04.